The molecule has 1 aliphatic rings. The predicted molar refractivity (Wildman–Crippen MR) is 117 cm³/mol. The SMILES string of the molecule is CCCCCCC1(C(O)(c2ccccc2)c2ccccc2)SCCCS1. The molecule has 1 heterocycles. The largest absolute Gasteiger partial charge is 0.378 e. The van der Waals surface area contributed by atoms with Crippen LogP contribution in [0.3, 0.4) is 0 Å². The molecule has 140 valence electrons. The maximum atomic E-state index is 12.3. The van der Waals surface area contributed by atoms with Crippen molar-refractivity contribution in [2.45, 2.75) is 55.1 Å². The second-order valence-electron chi connectivity index (χ2n) is 7.06. The van der Waals surface area contributed by atoms with Gasteiger partial charge in [-0.05, 0) is 35.5 Å². The summed E-state index contributed by atoms with van der Waals surface area (Å²) >= 11 is 3.96. The molecule has 1 saturated heterocycles. The monoisotopic (exact) mass is 386 g/mol. The van der Waals surface area contributed by atoms with Gasteiger partial charge in [0.05, 0.1) is 4.08 Å². The number of unbranched alkanes of at least 4 members (excludes halogenated alkanes) is 3. The molecule has 1 N–H and O–H groups in total. The van der Waals surface area contributed by atoms with Crippen LogP contribution in [0.25, 0.3) is 0 Å². The first-order chi connectivity index (χ1) is 12.7. The Morgan fingerprint density at radius 3 is 1.88 bits per heavy atom. The molecule has 0 bridgehead atoms. The van der Waals surface area contributed by atoms with Gasteiger partial charge in [0, 0.05) is 0 Å². The summed E-state index contributed by atoms with van der Waals surface area (Å²) in [4.78, 5) is 0. The molecule has 0 saturated carbocycles. The van der Waals surface area contributed by atoms with Crippen molar-refractivity contribution >= 4 is 23.5 Å². The number of benzene rings is 2. The van der Waals surface area contributed by atoms with Gasteiger partial charge in [0.15, 0.2) is 0 Å². The molecule has 3 rings (SSSR count). The van der Waals surface area contributed by atoms with E-state index in [1.54, 1.807) is 0 Å². The zero-order valence-electron chi connectivity index (χ0n) is 15.7. The van der Waals surface area contributed by atoms with Crippen LogP contribution in [0.1, 0.15) is 56.6 Å². The lowest BCUT2D eigenvalue weighted by atomic mass is 9.81. The number of thioether (sulfide) groups is 2. The van der Waals surface area contributed by atoms with Gasteiger partial charge in [-0.2, -0.15) is 0 Å². The predicted octanol–water partition coefficient (Wildman–Crippen LogP) is 6.46. The summed E-state index contributed by atoms with van der Waals surface area (Å²) in [7, 11) is 0. The summed E-state index contributed by atoms with van der Waals surface area (Å²) in [5, 5.41) is 12.3. The van der Waals surface area contributed by atoms with Gasteiger partial charge in [0.25, 0.3) is 0 Å². The van der Waals surface area contributed by atoms with E-state index in [0.29, 0.717) is 0 Å². The second-order valence-corrected chi connectivity index (χ2v) is 10.1. The van der Waals surface area contributed by atoms with Gasteiger partial charge < -0.3 is 5.11 Å². The Morgan fingerprint density at radius 1 is 0.846 bits per heavy atom. The van der Waals surface area contributed by atoms with Crippen LogP contribution in [0.4, 0.5) is 0 Å². The molecule has 2 aromatic rings. The van der Waals surface area contributed by atoms with E-state index < -0.39 is 5.60 Å². The van der Waals surface area contributed by atoms with Crippen LogP contribution < -0.4 is 0 Å². The van der Waals surface area contributed by atoms with Gasteiger partial charge in [-0.3, -0.25) is 0 Å². The zero-order valence-corrected chi connectivity index (χ0v) is 17.3. The first kappa shape index (κ1) is 19.9. The molecule has 0 radical (unpaired) electrons. The highest BCUT2D eigenvalue weighted by molar-refractivity contribution is 8.18. The highest BCUT2D eigenvalue weighted by Crippen LogP contribution is 2.58. The van der Waals surface area contributed by atoms with Gasteiger partial charge in [-0.15, -0.1) is 23.5 Å². The van der Waals surface area contributed by atoms with Crippen LogP contribution in [-0.4, -0.2) is 20.7 Å². The molecule has 0 unspecified atom stereocenters. The Kier molecular flexibility index (Phi) is 7.13. The number of aliphatic hydroxyl groups is 1. The minimum absolute atomic E-state index is 0.221. The van der Waals surface area contributed by atoms with Crippen molar-refractivity contribution < 1.29 is 5.11 Å². The van der Waals surface area contributed by atoms with Crippen molar-refractivity contribution in [3.8, 4) is 0 Å². The number of rotatable bonds is 8. The fourth-order valence-electron chi connectivity index (χ4n) is 3.86. The smallest absolute Gasteiger partial charge is 0.138 e. The Labute approximate surface area is 167 Å². The van der Waals surface area contributed by atoms with E-state index in [4.69, 9.17) is 0 Å². The van der Waals surface area contributed by atoms with E-state index in [-0.39, 0.29) is 4.08 Å². The molecule has 2 aromatic carbocycles. The van der Waals surface area contributed by atoms with Crippen LogP contribution in [0.15, 0.2) is 60.7 Å². The maximum absolute atomic E-state index is 12.3. The molecule has 0 spiro atoms. The van der Waals surface area contributed by atoms with Crippen LogP contribution >= 0.6 is 23.5 Å². The number of hydrogen-bond acceptors (Lipinski definition) is 3. The minimum atomic E-state index is -0.975. The lowest BCUT2D eigenvalue weighted by Gasteiger charge is -2.49. The van der Waals surface area contributed by atoms with Crippen molar-refractivity contribution in [3.05, 3.63) is 71.8 Å². The first-order valence-corrected chi connectivity index (χ1v) is 11.8. The maximum Gasteiger partial charge on any atom is 0.138 e. The highest BCUT2D eigenvalue weighted by Gasteiger charge is 2.53. The van der Waals surface area contributed by atoms with Crippen molar-refractivity contribution in [2.75, 3.05) is 11.5 Å². The number of hydrogen-bond donors (Lipinski definition) is 1. The van der Waals surface area contributed by atoms with Gasteiger partial charge in [-0.25, -0.2) is 0 Å². The van der Waals surface area contributed by atoms with E-state index in [2.05, 4.69) is 31.2 Å². The summed E-state index contributed by atoms with van der Waals surface area (Å²) in [6, 6.07) is 20.6. The van der Waals surface area contributed by atoms with Gasteiger partial charge in [-0.1, -0.05) is 93.3 Å². The van der Waals surface area contributed by atoms with Crippen molar-refractivity contribution in [1.82, 2.24) is 0 Å². The fourth-order valence-corrected chi connectivity index (χ4v) is 7.58. The minimum Gasteiger partial charge on any atom is -0.378 e. The molecule has 1 aliphatic heterocycles. The van der Waals surface area contributed by atoms with Gasteiger partial charge in [0.1, 0.15) is 5.60 Å². The molecule has 0 amide bonds. The van der Waals surface area contributed by atoms with Crippen molar-refractivity contribution in [2.24, 2.45) is 0 Å². The lowest BCUT2D eigenvalue weighted by Crippen LogP contribution is -2.49. The Morgan fingerprint density at radius 2 is 1.38 bits per heavy atom. The molecule has 1 nitrogen and oxygen atoms in total. The van der Waals surface area contributed by atoms with E-state index in [0.717, 1.165) is 29.1 Å². The molecule has 0 atom stereocenters. The molecule has 3 heteroatoms. The fraction of sp³-hybridized carbons (Fsp3) is 0.478. The molecule has 0 aromatic heterocycles. The standard InChI is InChI=1S/C23H30OS2/c1-2-3-4-11-17-22(25-18-12-19-26-22)23(24,20-13-7-5-8-14-20)21-15-9-6-10-16-21/h5-10,13-16,24H,2-4,11-12,17-19H2,1H3. The topological polar surface area (TPSA) is 20.2 Å². The van der Waals surface area contributed by atoms with Crippen LogP contribution in [0.5, 0.6) is 0 Å². The Bertz CT molecular complexity index is 611. The third-order valence-electron chi connectivity index (χ3n) is 5.25. The molecule has 0 aliphatic carbocycles. The summed E-state index contributed by atoms with van der Waals surface area (Å²) in [5.41, 5.74) is 1.06. The highest BCUT2D eigenvalue weighted by atomic mass is 32.2. The second kappa shape index (κ2) is 9.34. The molecule has 26 heavy (non-hydrogen) atoms. The van der Waals surface area contributed by atoms with Crippen LogP contribution in [0, 0.1) is 0 Å². The lowest BCUT2D eigenvalue weighted by molar-refractivity contribution is 0.0630. The third kappa shape index (κ3) is 4.00. The van der Waals surface area contributed by atoms with E-state index in [9.17, 15) is 5.11 Å². The first-order valence-electron chi connectivity index (χ1n) is 9.84. The molecular weight excluding hydrogens is 356 g/mol. The zero-order chi connectivity index (χ0) is 18.3. The van der Waals surface area contributed by atoms with Gasteiger partial charge >= 0.3 is 0 Å². The van der Waals surface area contributed by atoms with Crippen molar-refractivity contribution in [3.63, 3.8) is 0 Å². The Balaban J connectivity index is 2.04. The molecular formula is C23H30OS2. The van der Waals surface area contributed by atoms with E-state index in [1.165, 1.54) is 32.1 Å². The van der Waals surface area contributed by atoms with Gasteiger partial charge in [0.2, 0.25) is 0 Å². The van der Waals surface area contributed by atoms with E-state index in [1.807, 2.05) is 59.9 Å². The van der Waals surface area contributed by atoms with Crippen LogP contribution in [-0.2, 0) is 5.60 Å². The quantitative estimate of drug-likeness (QED) is 0.526. The van der Waals surface area contributed by atoms with Crippen LogP contribution in [0.2, 0.25) is 0 Å². The summed E-state index contributed by atoms with van der Waals surface area (Å²) < 4.78 is -0.221. The van der Waals surface area contributed by atoms with Crippen molar-refractivity contribution in [1.29, 1.82) is 0 Å². The normalized spacial score (nSPS) is 17.2. The Hall–Kier alpha value is -0.900. The average molecular weight is 387 g/mol. The summed E-state index contributed by atoms with van der Waals surface area (Å²) in [6.07, 6.45) is 7.22. The summed E-state index contributed by atoms with van der Waals surface area (Å²) in [6.45, 7) is 2.25. The third-order valence-corrected chi connectivity index (χ3v) is 8.88. The average Bonchev–Trinajstić information content (AvgIpc) is 2.72. The molecule has 1 fully saturated rings. The van der Waals surface area contributed by atoms with E-state index >= 15 is 0 Å². The summed E-state index contributed by atoms with van der Waals surface area (Å²) in [5.74, 6) is 2.26.